The maximum Gasteiger partial charge on any atom is 0.200 e. The second-order valence-corrected chi connectivity index (χ2v) is 9.14. The van der Waals surface area contributed by atoms with Crippen LogP contribution < -0.4 is 4.74 Å². The van der Waals surface area contributed by atoms with Crippen molar-refractivity contribution in [3.05, 3.63) is 29.3 Å². The molecule has 0 saturated heterocycles. The second kappa shape index (κ2) is 8.09. The largest absolute Gasteiger partial charge is 0.491 e. The van der Waals surface area contributed by atoms with Crippen LogP contribution in [0.4, 0.5) is 8.78 Å². The predicted molar refractivity (Wildman–Crippen MR) is 105 cm³/mol. The van der Waals surface area contributed by atoms with Crippen LogP contribution in [0.1, 0.15) is 83.1 Å². The van der Waals surface area contributed by atoms with Crippen LogP contribution in [-0.2, 0) is 0 Å². The van der Waals surface area contributed by atoms with Gasteiger partial charge in [0, 0.05) is 0 Å². The van der Waals surface area contributed by atoms with E-state index in [9.17, 15) is 8.78 Å². The molecule has 3 fully saturated rings. The Morgan fingerprint density at radius 2 is 1.52 bits per heavy atom. The Bertz CT molecular complexity index is 650. The SMILES string of the molecule is CCOc1ccc(C2CCC(C3CCC4C(CC)CCC43)CC2)c(F)c1F. The molecule has 3 heteroatoms. The van der Waals surface area contributed by atoms with Gasteiger partial charge in [0.1, 0.15) is 0 Å². The first-order valence-corrected chi connectivity index (χ1v) is 11.2. The van der Waals surface area contributed by atoms with E-state index in [0.29, 0.717) is 12.2 Å². The Morgan fingerprint density at radius 1 is 0.815 bits per heavy atom. The zero-order valence-corrected chi connectivity index (χ0v) is 16.9. The second-order valence-electron chi connectivity index (χ2n) is 9.14. The highest BCUT2D eigenvalue weighted by Gasteiger charge is 2.46. The van der Waals surface area contributed by atoms with Gasteiger partial charge in [0.15, 0.2) is 11.6 Å². The van der Waals surface area contributed by atoms with E-state index in [4.69, 9.17) is 4.74 Å². The van der Waals surface area contributed by atoms with Gasteiger partial charge >= 0.3 is 0 Å². The minimum atomic E-state index is -0.813. The quantitative estimate of drug-likeness (QED) is 0.532. The molecule has 0 bridgehead atoms. The maximum atomic E-state index is 14.6. The molecule has 4 atom stereocenters. The molecule has 1 aromatic rings. The summed E-state index contributed by atoms with van der Waals surface area (Å²) in [5, 5.41) is 0. The number of hydrogen-bond acceptors (Lipinski definition) is 1. The first-order chi connectivity index (χ1) is 13.1. The van der Waals surface area contributed by atoms with Crippen molar-refractivity contribution in [2.45, 2.75) is 77.6 Å². The van der Waals surface area contributed by atoms with Crippen molar-refractivity contribution in [3.8, 4) is 5.75 Å². The predicted octanol–water partition coefficient (Wildman–Crippen LogP) is 7.10. The smallest absolute Gasteiger partial charge is 0.200 e. The Hall–Kier alpha value is -1.12. The monoisotopic (exact) mass is 376 g/mol. The highest BCUT2D eigenvalue weighted by molar-refractivity contribution is 5.33. The van der Waals surface area contributed by atoms with Crippen LogP contribution in [0.15, 0.2) is 12.1 Å². The van der Waals surface area contributed by atoms with Crippen LogP contribution in [0.2, 0.25) is 0 Å². The summed E-state index contributed by atoms with van der Waals surface area (Å²) in [5.41, 5.74) is 0.561. The number of fused-ring (bicyclic) bond motifs is 1. The standard InChI is InChI=1S/C24H34F2O/c1-3-15-9-10-21-18(15)11-12-19(21)16-5-7-17(8-6-16)20-13-14-22(27-4-2)24(26)23(20)25/h13-19,21H,3-12H2,1-2H3. The minimum Gasteiger partial charge on any atom is -0.491 e. The number of halogens is 2. The van der Waals surface area contributed by atoms with E-state index in [1.807, 2.05) is 0 Å². The fraction of sp³-hybridized carbons (Fsp3) is 0.750. The Labute approximate surface area is 162 Å². The summed E-state index contributed by atoms with van der Waals surface area (Å²) in [6.45, 7) is 4.49. The molecule has 27 heavy (non-hydrogen) atoms. The molecular formula is C24H34F2O. The lowest BCUT2D eigenvalue weighted by Crippen LogP contribution is -2.25. The van der Waals surface area contributed by atoms with Gasteiger partial charge in [0.05, 0.1) is 6.61 Å². The molecule has 3 aliphatic carbocycles. The topological polar surface area (TPSA) is 9.23 Å². The van der Waals surface area contributed by atoms with Crippen molar-refractivity contribution in [2.24, 2.45) is 29.6 Å². The molecule has 0 heterocycles. The zero-order valence-electron chi connectivity index (χ0n) is 16.9. The summed E-state index contributed by atoms with van der Waals surface area (Å²) >= 11 is 0. The van der Waals surface area contributed by atoms with Crippen LogP contribution in [0.5, 0.6) is 5.75 Å². The van der Waals surface area contributed by atoms with E-state index in [1.54, 1.807) is 19.1 Å². The number of rotatable bonds is 5. The van der Waals surface area contributed by atoms with Crippen LogP contribution >= 0.6 is 0 Å². The molecular weight excluding hydrogens is 342 g/mol. The molecule has 4 unspecified atom stereocenters. The molecule has 3 aliphatic rings. The van der Waals surface area contributed by atoms with Gasteiger partial charge in [-0.1, -0.05) is 19.4 Å². The maximum absolute atomic E-state index is 14.6. The summed E-state index contributed by atoms with van der Waals surface area (Å²) < 4.78 is 34.0. The lowest BCUT2D eigenvalue weighted by Gasteiger charge is -2.35. The number of hydrogen-bond donors (Lipinski definition) is 0. The van der Waals surface area contributed by atoms with E-state index in [0.717, 1.165) is 42.4 Å². The van der Waals surface area contributed by atoms with Gasteiger partial charge in [-0.3, -0.25) is 0 Å². The van der Waals surface area contributed by atoms with Gasteiger partial charge in [0.2, 0.25) is 5.82 Å². The van der Waals surface area contributed by atoms with Crippen LogP contribution in [-0.4, -0.2) is 6.61 Å². The van der Waals surface area contributed by atoms with E-state index in [1.165, 1.54) is 44.9 Å². The van der Waals surface area contributed by atoms with Crippen molar-refractivity contribution in [3.63, 3.8) is 0 Å². The fourth-order valence-corrected chi connectivity index (χ4v) is 6.84. The Balaban J connectivity index is 1.39. The van der Waals surface area contributed by atoms with E-state index >= 15 is 0 Å². The summed E-state index contributed by atoms with van der Waals surface area (Å²) in [6.07, 6.45) is 11.4. The molecule has 0 amide bonds. The third kappa shape index (κ3) is 3.51. The van der Waals surface area contributed by atoms with Gasteiger partial charge in [-0.2, -0.15) is 4.39 Å². The highest BCUT2D eigenvalue weighted by atomic mass is 19.2. The van der Waals surface area contributed by atoms with Gasteiger partial charge < -0.3 is 4.74 Å². The van der Waals surface area contributed by atoms with Crippen LogP contribution in [0.3, 0.4) is 0 Å². The van der Waals surface area contributed by atoms with Gasteiger partial charge in [-0.05, 0) is 105 Å². The van der Waals surface area contributed by atoms with Crippen molar-refractivity contribution in [1.82, 2.24) is 0 Å². The first-order valence-electron chi connectivity index (χ1n) is 11.2. The molecule has 1 nitrogen and oxygen atoms in total. The summed E-state index contributed by atoms with van der Waals surface area (Å²) in [6, 6.07) is 3.36. The average Bonchev–Trinajstić information content (AvgIpc) is 3.28. The van der Waals surface area contributed by atoms with Crippen LogP contribution in [0, 0.1) is 41.2 Å². The highest BCUT2D eigenvalue weighted by Crippen LogP contribution is 2.56. The van der Waals surface area contributed by atoms with Gasteiger partial charge in [-0.15, -0.1) is 0 Å². The molecule has 0 radical (unpaired) electrons. The van der Waals surface area contributed by atoms with Gasteiger partial charge in [0.25, 0.3) is 0 Å². The lowest BCUT2D eigenvalue weighted by molar-refractivity contribution is 0.178. The molecule has 3 saturated carbocycles. The van der Waals surface area contributed by atoms with E-state index in [-0.39, 0.29) is 11.7 Å². The fourth-order valence-electron chi connectivity index (χ4n) is 6.84. The number of benzene rings is 1. The molecule has 1 aromatic carbocycles. The summed E-state index contributed by atoms with van der Waals surface area (Å²) in [7, 11) is 0. The lowest BCUT2D eigenvalue weighted by atomic mass is 9.70. The van der Waals surface area contributed by atoms with Gasteiger partial charge in [-0.25, -0.2) is 4.39 Å². The molecule has 0 N–H and O–H groups in total. The third-order valence-corrected chi connectivity index (χ3v) is 8.13. The minimum absolute atomic E-state index is 0.0381. The molecule has 0 spiro atoms. The first kappa shape index (κ1) is 19.2. The Kier molecular flexibility index (Phi) is 5.75. The van der Waals surface area contributed by atoms with Crippen molar-refractivity contribution in [2.75, 3.05) is 6.61 Å². The Morgan fingerprint density at radius 3 is 2.22 bits per heavy atom. The van der Waals surface area contributed by atoms with E-state index in [2.05, 4.69) is 6.92 Å². The summed E-state index contributed by atoms with van der Waals surface area (Å²) in [5.74, 6) is 3.31. The third-order valence-electron chi connectivity index (χ3n) is 8.13. The molecule has 4 rings (SSSR count). The van der Waals surface area contributed by atoms with Crippen molar-refractivity contribution < 1.29 is 13.5 Å². The van der Waals surface area contributed by atoms with Crippen molar-refractivity contribution >= 4 is 0 Å². The van der Waals surface area contributed by atoms with Crippen molar-refractivity contribution in [1.29, 1.82) is 0 Å². The average molecular weight is 377 g/mol. The number of ether oxygens (including phenoxy) is 1. The van der Waals surface area contributed by atoms with E-state index < -0.39 is 11.6 Å². The molecule has 0 aromatic heterocycles. The molecule has 150 valence electrons. The van der Waals surface area contributed by atoms with Crippen LogP contribution in [0.25, 0.3) is 0 Å². The summed E-state index contributed by atoms with van der Waals surface area (Å²) in [4.78, 5) is 0. The zero-order chi connectivity index (χ0) is 19.0. The molecule has 0 aliphatic heterocycles. The normalized spacial score (nSPS) is 36.0.